The molecule has 20 heavy (non-hydrogen) atoms. The van der Waals surface area contributed by atoms with Crippen molar-refractivity contribution in [3.63, 3.8) is 0 Å². The largest absolute Gasteiger partial charge is 0.465 e. The van der Waals surface area contributed by atoms with Crippen molar-refractivity contribution in [1.82, 2.24) is 0 Å². The molecular formula is C14H12FNO3S. The number of carbonyl (C=O) groups is 2. The Hall–Kier alpha value is -2.21. The van der Waals surface area contributed by atoms with E-state index >= 15 is 0 Å². The highest BCUT2D eigenvalue weighted by Crippen LogP contribution is 2.23. The van der Waals surface area contributed by atoms with Crippen LogP contribution >= 0.6 is 11.3 Å². The van der Waals surface area contributed by atoms with Crippen LogP contribution in [0.3, 0.4) is 0 Å². The molecule has 4 nitrogen and oxygen atoms in total. The maximum atomic E-state index is 13.4. The summed E-state index contributed by atoms with van der Waals surface area (Å²) in [6.07, 6.45) is -0.0941. The van der Waals surface area contributed by atoms with Crippen LogP contribution in [0.5, 0.6) is 0 Å². The van der Waals surface area contributed by atoms with Gasteiger partial charge in [0.2, 0.25) is 5.91 Å². The molecule has 0 saturated carbocycles. The van der Waals surface area contributed by atoms with Crippen molar-refractivity contribution in [2.24, 2.45) is 0 Å². The molecule has 1 aromatic heterocycles. The maximum absolute atomic E-state index is 13.4. The number of thiophene rings is 1. The predicted octanol–water partition coefficient (Wildman–Crippen LogP) is 2.86. The monoisotopic (exact) mass is 293 g/mol. The molecule has 1 heterocycles. The third kappa shape index (κ3) is 3.21. The summed E-state index contributed by atoms with van der Waals surface area (Å²) < 4.78 is 18.1. The number of halogens is 1. The van der Waals surface area contributed by atoms with Gasteiger partial charge in [-0.1, -0.05) is 18.2 Å². The molecule has 1 amide bonds. The quantitative estimate of drug-likeness (QED) is 0.882. The number of methoxy groups -OCH3 is 1. The maximum Gasteiger partial charge on any atom is 0.350 e. The number of anilines is 1. The minimum atomic E-state index is -0.513. The Labute approximate surface area is 119 Å². The number of ether oxygens (including phenoxy) is 1. The van der Waals surface area contributed by atoms with E-state index in [1.165, 1.54) is 24.5 Å². The average molecular weight is 293 g/mol. The second-order valence-electron chi connectivity index (χ2n) is 3.97. The van der Waals surface area contributed by atoms with Crippen molar-refractivity contribution in [2.45, 2.75) is 6.42 Å². The molecule has 2 rings (SSSR count). The first-order valence-corrected chi connectivity index (χ1v) is 6.69. The van der Waals surface area contributed by atoms with E-state index in [9.17, 15) is 14.0 Å². The fourth-order valence-electron chi connectivity index (χ4n) is 1.67. The molecular weight excluding hydrogens is 281 g/mol. The summed E-state index contributed by atoms with van der Waals surface area (Å²) in [7, 11) is 1.27. The fraction of sp³-hybridized carbons (Fsp3) is 0.143. The highest BCUT2D eigenvalue weighted by Gasteiger charge is 2.16. The zero-order valence-corrected chi connectivity index (χ0v) is 11.5. The smallest absolute Gasteiger partial charge is 0.350 e. The van der Waals surface area contributed by atoms with Crippen LogP contribution < -0.4 is 5.32 Å². The van der Waals surface area contributed by atoms with Crippen molar-refractivity contribution in [1.29, 1.82) is 0 Å². The molecule has 0 aliphatic heterocycles. The molecule has 1 aromatic carbocycles. The molecule has 0 bridgehead atoms. The third-order valence-corrected chi connectivity index (χ3v) is 3.51. The lowest BCUT2D eigenvalue weighted by molar-refractivity contribution is -0.115. The number of hydrogen-bond acceptors (Lipinski definition) is 4. The second kappa shape index (κ2) is 6.29. The average Bonchev–Trinajstić information content (AvgIpc) is 2.88. The molecule has 6 heteroatoms. The Morgan fingerprint density at radius 2 is 2.05 bits per heavy atom. The Morgan fingerprint density at radius 3 is 2.75 bits per heavy atom. The summed E-state index contributed by atoms with van der Waals surface area (Å²) in [4.78, 5) is 23.7. The van der Waals surface area contributed by atoms with Crippen molar-refractivity contribution < 1.29 is 18.7 Å². The minimum Gasteiger partial charge on any atom is -0.465 e. The lowest BCUT2D eigenvalue weighted by Crippen LogP contribution is -2.16. The number of hydrogen-bond donors (Lipinski definition) is 1. The standard InChI is InChI=1S/C14H12FNO3S/c1-19-14(18)13-11(6-7-20-13)16-12(17)8-9-4-2-3-5-10(9)15/h2-7H,8H2,1H3,(H,16,17). The van der Waals surface area contributed by atoms with E-state index in [-0.39, 0.29) is 6.42 Å². The predicted molar refractivity (Wildman–Crippen MR) is 74.4 cm³/mol. The Balaban J connectivity index is 2.08. The van der Waals surface area contributed by atoms with Crippen molar-refractivity contribution in [3.05, 3.63) is 52.0 Å². The van der Waals surface area contributed by atoms with E-state index in [1.54, 1.807) is 29.6 Å². The number of rotatable bonds is 4. The van der Waals surface area contributed by atoms with Crippen LogP contribution in [0.2, 0.25) is 0 Å². The molecule has 0 fully saturated rings. The van der Waals surface area contributed by atoms with Gasteiger partial charge in [-0.15, -0.1) is 11.3 Å². The Kier molecular flexibility index (Phi) is 4.47. The van der Waals surface area contributed by atoms with Gasteiger partial charge >= 0.3 is 5.97 Å². The van der Waals surface area contributed by atoms with Gasteiger partial charge in [0.1, 0.15) is 10.7 Å². The lowest BCUT2D eigenvalue weighted by Gasteiger charge is -2.06. The van der Waals surface area contributed by atoms with Crippen LogP contribution in [-0.4, -0.2) is 19.0 Å². The summed E-state index contributed by atoms with van der Waals surface area (Å²) in [5.41, 5.74) is 0.683. The number of benzene rings is 1. The van der Waals surface area contributed by atoms with E-state index in [0.29, 0.717) is 16.1 Å². The Morgan fingerprint density at radius 1 is 1.30 bits per heavy atom. The number of amides is 1. The minimum absolute atomic E-state index is 0.0941. The van der Waals surface area contributed by atoms with Crippen LogP contribution in [0, 0.1) is 5.82 Å². The summed E-state index contributed by atoms with van der Waals surface area (Å²) in [6, 6.07) is 7.67. The molecule has 0 unspecified atom stereocenters. The molecule has 0 saturated heterocycles. The Bertz CT molecular complexity index is 639. The highest BCUT2D eigenvalue weighted by molar-refractivity contribution is 7.12. The van der Waals surface area contributed by atoms with Gasteiger partial charge in [-0.05, 0) is 23.1 Å². The summed E-state index contributed by atoms with van der Waals surface area (Å²) >= 11 is 1.17. The zero-order valence-electron chi connectivity index (χ0n) is 10.7. The fourth-order valence-corrected chi connectivity index (χ4v) is 2.43. The van der Waals surface area contributed by atoms with Crippen LogP contribution in [0.15, 0.2) is 35.7 Å². The van der Waals surface area contributed by atoms with Crippen LogP contribution in [0.25, 0.3) is 0 Å². The number of nitrogens with one attached hydrogen (secondary N) is 1. The van der Waals surface area contributed by atoms with Gasteiger partial charge in [0.15, 0.2) is 0 Å². The van der Waals surface area contributed by atoms with Gasteiger partial charge in [0, 0.05) is 0 Å². The van der Waals surface area contributed by atoms with Crippen LogP contribution in [0.1, 0.15) is 15.2 Å². The molecule has 2 aromatic rings. The molecule has 0 atom stereocenters. The molecule has 0 spiro atoms. The summed E-state index contributed by atoms with van der Waals surface area (Å²) in [6.45, 7) is 0. The third-order valence-electron chi connectivity index (χ3n) is 2.62. The first kappa shape index (κ1) is 14.2. The van der Waals surface area contributed by atoms with Crippen LogP contribution in [0.4, 0.5) is 10.1 Å². The van der Waals surface area contributed by atoms with Gasteiger partial charge in [-0.25, -0.2) is 9.18 Å². The number of carbonyl (C=O) groups excluding carboxylic acids is 2. The molecule has 0 aliphatic rings. The van der Waals surface area contributed by atoms with Crippen molar-refractivity contribution in [3.8, 4) is 0 Å². The van der Waals surface area contributed by atoms with E-state index in [0.717, 1.165) is 0 Å². The van der Waals surface area contributed by atoms with Gasteiger partial charge < -0.3 is 10.1 Å². The first-order chi connectivity index (χ1) is 9.61. The van der Waals surface area contributed by atoms with E-state index in [1.807, 2.05) is 0 Å². The number of esters is 1. The topological polar surface area (TPSA) is 55.4 Å². The van der Waals surface area contributed by atoms with Crippen molar-refractivity contribution in [2.75, 3.05) is 12.4 Å². The zero-order chi connectivity index (χ0) is 14.5. The van der Waals surface area contributed by atoms with Gasteiger partial charge in [0.05, 0.1) is 19.2 Å². The molecule has 104 valence electrons. The molecule has 0 radical (unpaired) electrons. The van der Waals surface area contributed by atoms with E-state index in [2.05, 4.69) is 10.1 Å². The van der Waals surface area contributed by atoms with Crippen LogP contribution in [-0.2, 0) is 16.0 Å². The molecule has 0 aliphatic carbocycles. The first-order valence-electron chi connectivity index (χ1n) is 5.81. The van der Waals surface area contributed by atoms with E-state index < -0.39 is 17.7 Å². The van der Waals surface area contributed by atoms with Gasteiger partial charge in [0.25, 0.3) is 0 Å². The summed E-state index contributed by atoms with van der Waals surface area (Å²) in [5, 5.41) is 4.26. The summed E-state index contributed by atoms with van der Waals surface area (Å²) in [5.74, 6) is -1.33. The van der Waals surface area contributed by atoms with Gasteiger partial charge in [-0.3, -0.25) is 4.79 Å². The normalized spacial score (nSPS) is 10.1. The van der Waals surface area contributed by atoms with Gasteiger partial charge in [-0.2, -0.15) is 0 Å². The second-order valence-corrected chi connectivity index (χ2v) is 4.89. The molecule has 1 N–H and O–H groups in total. The van der Waals surface area contributed by atoms with E-state index in [4.69, 9.17) is 0 Å². The highest BCUT2D eigenvalue weighted by atomic mass is 32.1. The SMILES string of the molecule is COC(=O)c1sccc1NC(=O)Cc1ccccc1F. The lowest BCUT2D eigenvalue weighted by atomic mass is 10.1. The van der Waals surface area contributed by atoms with Crippen molar-refractivity contribution >= 4 is 28.9 Å².